The van der Waals surface area contributed by atoms with Crippen LogP contribution in [0.4, 0.5) is 0 Å². The molecule has 0 saturated heterocycles. The van der Waals surface area contributed by atoms with Crippen LogP contribution in [0.2, 0.25) is 0 Å². The molecule has 0 aliphatic rings. The molecule has 0 spiro atoms. The lowest BCUT2D eigenvalue weighted by molar-refractivity contribution is 0.507. The third kappa shape index (κ3) is 6.28. The topological polar surface area (TPSA) is 83.7 Å². The Morgan fingerprint density at radius 3 is 2.68 bits per heavy atom. The number of hydrogen-bond acceptors (Lipinski definition) is 4. The molecule has 0 bridgehead atoms. The molecule has 1 aromatic heterocycles. The predicted molar refractivity (Wildman–Crippen MR) is 76.1 cm³/mol. The Kier molecular flexibility index (Phi) is 6.41. The van der Waals surface area contributed by atoms with E-state index in [9.17, 15) is 8.42 Å². The zero-order valence-electron chi connectivity index (χ0n) is 11.3. The SMILES string of the molecule is CCS(=O)(=O)CCNC(=NC)NCCc1ccco1. The van der Waals surface area contributed by atoms with Gasteiger partial charge in [-0.2, -0.15) is 0 Å². The molecular weight excluding hydrogens is 266 g/mol. The van der Waals surface area contributed by atoms with Gasteiger partial charge in [0.2, 0.25) is 0 Å². The zero-order valence-corrected chi connectivity index (χ0v) is 12.2. The Bertz CT molecular complexity index is 480. The van der Waals surface area contributed by atoms with Gasteiger partial charge in [0.15, 0.2) is 15.8 Å². The summed E-state index contributed by atoms with van der Waals surface area (Å²) in [4.78, 5) is 4.02. The highest BCUT2D eigenvalue weighted by atomic mass is 32.2. The van der Waals surface area contributed by atoms with Crippen molar-refractivity contribution in [1.29, 1.82) is 0 Å². The van der Waals surface area contributed by atoms with Crippen molar-refractivity contribution in [2.45, 2.75) is 13.3 Å². The number of rotatable bonds is 7. The fourth-order valence-electron chi connectivity index (χ4n) is 1.45. The van der Waals surface area contributed by atoms with Gasteiger partial charge in [-0.15, -0.1) is 0 Å². The number of sulfone groups is 1. The molecule has 6 nitrogen and oxygen atoms in total. The van der Waals surface area contributed by atoms with Crippen LogP contribution in [0, 0.1) is 0 Å². The first kappa shape index (κ1) is 15.6. The summed E-state index contributed by atoms with van der Waals surface area (Å²) in [5, 5.41) is 6.07. The van der Waals surface area contributed by atoms with Crippen LogP contribution in [-0.4, -0.2) is 46.0 Å². The lowest BCUT2D eigenvalue weighted by Crippen LogP contribution is -2.40. The summed E-state index contributed by atoms with van der Waals surface area (Å²) in [6.07, 6.45) is 2.39. The van der Waals surface area contributed by atoms with Gasteiger partial charge in [0.05, 0.1) is 12.0 Å². The first-order valence-electron chi connectivity index (χ1n) is 6.24. The number of nitrogens with zero attached hydrogens (tertiary/aromatic N) is 1. The summed E-state index contributed by atoms with van der Waals surface area (Å²) >= 11 is 0. The molecule has 19 heavy (non-hydrogen) atoms. The molecule has 0 atom stereocenters. The van der Waals surface area contributed by atoms with E-state index < -0.39 is 9.84 Å². The summed E-state index contributed by atoms with van der Waals surface area (Å²) < 4.78 is 27.9. The summed E-state index contributed by atoms with van der Waals surface area (Å²) in [5.41, 5.74) is 0. The normalized spacial score (nSPS) is 12.4. The van der Waals surface area contributed by atoms with E-state index in [4.69, 9.17) is 4.42 Å². The summed E-state index contributed by atoms with van der Waals surface area (Å²) in [6.45, 7) is 2.68. The average Bonchev–Trinajstić information content (AvgIpc) is 2.90. The van der Waals surface area contributed by atoms with Crippen molar-refractivity contribution in [3.05, 3.63) is 24.2 Å². The molecule has 0 saturated carbocycles. The second kappa shape index (κ2) is 7.83. The zero-order chi connectivity index (χ0) is 14.1. The van der Waals surface area contributed by atoms with E-state index in [2.05, 4.69) is 15.6 Å². The lowest BCUT2D eigenvalue weighted by atomic mass is 10.3. The molecule has 7 heteroatoms. The molecule has 0 aliphatic heterocycles. The van der Waals surface area contributed by atoms with Gasteiger partial charge < -0.3 is 15.1 Å². The number of furan rings is 1. The van der Waals surface area contributed by atoms with Crippen molar-refractivity contribution in [1.82, 2.24) is 10.6 Å². The van der Waals surface area contributed by atoms with Gasteiger partial charge in [-0.25, -0.2) is 8.42 Å². The summed E-state index contributed by atoms with van der Waals surface area (Å²) in [6, 6.07) is 3.75. The Labute approximate surface area is 114 Å². The fourth-order valence-corrected chi connectivity index (χ4v) is 2.15. The van der Waals surface area contributed by atoms with E-state index >= 15 is 0 Å². The number of nitrogens with one attached hydrogen (secondary N) is 2. The van der Waals surface area contributed by atoms with Gasteiger partial charge in [0.25, 0.3) is 0 Å². The Morgan fingerprint density at radius 1 is 1.37 bits per heavy atom. The van der Waals surface area contributed by atoms with Crippen LogP contribution in [0.15, 0.2) is 27.8 Å². The maximum atomic E-state index is 11.3. The van der Waals surface area contributed by atoms with Gasteiger partial charge in [-0.05, 0) is 12.1 Å². The molecule has 0 unspecified atom stereocenters. The highest BCUT2D eigenvalue weighted by molar-refractivity contribution is 7.91. The smallest absolute Gasteiger partial charge is 0.191 e. The summed E-state index contributed by atoms with van der Waals surface area (Å²) in [5.74, 6) is 1.77. The Morgan fingerprint density at radius 2 is 2.11 bits per heavy atom. The third-order valence-corrected chi connectivity index (χ3v) is 4.32. The van der Waals surface area contributed by atoms with Gasteiger partial charge in [0, 0.05) is 32.3 Å². The molecular formula is C12H21N3O3S. The van der Waals surface area contributed by atoms with Gasteiger partial charge >= 0.3 is 0 Å². The highest BCUT2D eigenvalue weighted by Crippen LogP contribution is 1.99. The standard InChI is InChI=1S/C12H21N3O3S/c1-3-19(16,17)10-8-15-12(13-2)14-7-6-11-5-4-9-18-11/h4-5,9H,3,6-8,10H2,1-2H3,(H2,13,14,15). The van der Waals surface area contributed by atoms with E-state index in [0.717, 1.165) is 12.2 Å². The number of aliphatic imine (C=N–C) groups is 1. The number of guanidine groups is 1. The molecule has 0 fully saturated rings. The second-order valence-electron chi connectivity index (χ2n) is 3.99. The van der Waals surface area contributed by atoms with E-state index in [1.54, 1.807) is 20.2 Å². The maximum absolute atomic E-state index is 11.3. The van der Waals surface area contributed by atoms with Crippen molar-refractivity contribution in [2.75, 3.05) is 31.6 Å². The maximum Gasteiger partial charge on any atom is 0.191 e. The van der Waals surface area contributed by atoms with Gasteiger partial charge in [0.1, 0.15) is 5.76 Å². The van der Waals surface area contributed by atoms with Crippen LogP contribution in [0.25, 0.3) is 0 Å². The van der Waals surface area contributed by atoms with Crippen molar-refractivity contribution >= 4 is 15.8 Å². The molecule has 108 valence electrons. The first-order valence-corrected chi connectivity index (χ1v) is 8.07. The van der Waals surface area contributed by atoms with Crippen molar-refractivity contribution < 1.29 is 12.8 Å². The van der Waals surface area contributed by atoms with Crippen molar-refractivity contribution in [2.24, 2.45) is 4.99 Å². The first-order chi connectivity index (χ1) is 9.07. The molecule has 1 heterocycles. The minimum atomic E-state index is -2.94. The molecule has 0 aromatic carbocycles. The van der Waals surface area contributed by atoms with Crippen LogP contribution >= 0.6 is 0 Å². The van der Waals surface area contributed by atoms with E-state index in [-0.39, 0.29) is 11.5 Å². The van der Waals surface area contributed by atoms with E-state index in [1.807, 2.05) is 12.1 Å². The quantitative estimate of drug-likeness (QED) is 0.561. The molecule has 1 aromatic rings. The minimum absolute atomic E-state index is 0.113. The van der Waals surface area contributed by atoms with Crippen LogP contribution in [0.1, 0.15) is 12.7 Å². The van der Waals surface area contributed by atoms with Crippen molar-refractivity contribution in [3.63, 3.8) is 0 Å². The lowest BCUT2D eigenvalue weighted by Gasteiger charge is -2.11. The monoisotopic (exact) mass is 287 g/mol. The molecule has 0 aliphatic carbocycles. The average molecular weight is 287 g/mol. The minimum Gasteiger partial charge on any atom is -0.469 e. The van der Waals surface area contributed by atoms with E-state index in [0.29, 0.717) is 19.0 Å². The van der Waals surface area contributed by atoms with E-state index in [1.165, 1.54) is 0 Å². The van der Waals surface area contributed by atoms with Crippen LogP contribution in [-0.2, 0) is 16.3 Å². The van der Waals surface area contributed by atoms with Crippen LogP contribution in [0.3, 0.4) is 0 Å². The largest absolute Gasteiger partial charge is 0.469 e. The van der Waals surface area contributed by atoms with Gasteiger partial charge in [-0.1, -0.05) is 6.92 Å². The Balaban J connectivity index is 2.23. The van der Waals surface area contributed by atoms with Crippen LogP contribution < -0.4 is 10.6 Å². The predicted octanol–water partition coefficient (Wildman–Crippen LogP) is 0.422. The molecule has 0 radical (unpaired) electrons. The highest BCUT2D eigenvalue weighted by Gasteiger charge is 2.07. The number of hydrogen-bond donors (Lipinski definition) is 2. The molecule has 1 rings (SSSR count). The summed E-state index contributed by atoms with van der Waals surface area (Å²) in [7, 11) is -1.29. The third-order valence-electron chi connectivity index (χ3n) is 2.61. The second-order valence-corrected chi connectivity index (χ2v) is 6.46. The fraction of sp³-hybridized carbons (Fsp3) is 0.583. The molecule has 0 amide bonds. The van der Waals surface area contributed by atoms with Gasteiger partial charge in [-0.3, -0.25) is 4.99 Å². The Hall–Kier alpha value is -1.50. The van der Waals surface area contributed by atoms with Crippen LogP contribution in [0.5, 0.6) is 0 Å². The molecule has 2 N–H and O–H groups in total. The van der Waals surface area contributed by atoms with Crippen molar-refractivity contribution in [3.8, 4) is 0 Å².